The molecule has 1 N–H and O–H groups in total. The second-order valence-corrected chi connectivity index (χ2v) is 5.71. The van der Waals surface area contributed by atoms with Crippen molar-refractivity contribution in [1.82, 2.24) is 4.90 Å². The summed E-state index contributed by atoms with van der Waals surface area (Å²) in [4.78, 5) is 13.9. The number of carbonyl (C=O) groups is 1. The molecule has 2 rings (SSSR count). The van der Waals surface area contributed by atoms with E-state index >= 15 is 0 Å². The van der Waals surface area contributed by atoms with Crippen molar-refractivity contribution < 1.29 is 4.79 Å². The number of anilines is 1. The first-order valence-corrected chi connectivity index (χ1v) is 7.65. The summed E-state index contributed by atoms with van der Waals surface area (Å²) in [6.45, 7) is 5.50. The highest BCUT2D eigenvalue weighted by atomic mass is 16.2. The van der Waals surface area contributed by atoms with Crippen LogP contribution in [0.2, 0.25) is 0 Å². The fourth-order valence-corrected chi connectivity index (χ4v) is 2.30. The van der Waals surface area contributed by atoms with Gasteiger partial charge in [0, 0.05) is 32.2 Å². The molecule has 0 saturated heterocycles. The fourth-order valence-electron chi connectivity index (χ4n) is 2.30. The van der Waals surface area contributed by atoms with Crippen LogP contribution in [-0.2, 0) is 11.3 Å². The summed E-state index contributed by atoms with van der Waals surface area (Å²) in [5.74, 6) is 0.153. The molecule has 0 unspecified atom stereocenters. The molecule has 0 bridgehead atoms. The molecular formula is C19H24N2O. The zero-order chi connectivity index (χ0) is 15.9. The highest BCUT2D eigenvalue weighted by molar-refractivity contribution is 5.76. The summed E-state index contributed by atoms with van der Waals surface area (Å²) in [6.07, 6.45) is 0.496. The lowest BCUT2D eigenvalue weighted by molar-refractivity contribution is -0.130. The molecule has 0 aliphatic heterocycles. The van der Waals surface area contributed by atoms with E-state index in [2.05, 4.69) is 37.4 Å². The van der Waals surface area contributed by atoms with Gasteiger partial charge in [0.2, 0.25) is 5.91 Å². The van der Waals surface area contributed by atoms with Gasteiger partial charge in [-0.05, 0) is 42.7 Å². The Morgan fingerprint density at radius 3 is 2.45 bits per heavy atom. The Bertz CT molecular complexity index is 623. The molecule has 3 nitrogen and oxygen atoms in total. The Morgan fingerprint density at radius 1 is 1.05 bits per heavy atom. The quantitative estimate of drug-likeness (QED) is 0.880. The van der Waals surface area contributed by atoms with Gasteiger partial charge in [-0.1, -0.05) is 36.4 Å². The van der Waals surface area contributed by atoms with E-state index in [9.17, 15) is 4.79 Å². The van der Waals surface area contributed by atoms with Crippen LogP contribution in [0, 0.1) is 13.8 Å². The van der Waals surface area contributed by atoms with Gasteiger partial charge >= 0.3 is 0 Å². The second-order valence-electron chi connectivity index (χ2n) is 5.71. The average Bonchev–Trinajstić information content (AvgIpc) is 2.51. The molecule has 0 saturated carbocycles. The van der Waals surface area contributed by atoms with Gasteiger partial charge in [-0.25, -0.2) is 0 Å². The van der Waals surface area contributed by atoms with E-state index < -0.39 is 0 Å². The maximum absolute atomic E-state index is 12.1. The normalized spacial score (nSPS) is 10.3. The molecule has 0 fully saturated rings. The van der Waals surface area contributed by atoms with E-state index in [-0.39, 0.29) is 5.91 Å². The van der Waals surface area contributed by atoms with Crippen LogP contribution in [-0.4, -0.2) is 24.4 Å². The first kappa shape index (κ1) is 16.1. The molecule has 3 heteroatoms. The lowest BCUT2D eigenvalue weighted by atomic mass is 10.1. The molecule has 1 amide bonds. The Balaban J connectivity index is 1.78. The standard InChI is InChI=1S/C19H24N2O/c1-15-9-10-18(13-16(15)2)20-12-11-19(22)21(3)14-17-7-5-4-6-8-17/h4-10,13,20H,11-12,14H2,1-3H3. The third-order valence-corrected chi connectivity index (χ3v) is 3.86. The summed E-state index contributed by atoms with van der Waals surface area (Å²) < 4.78 is 0. The first-order chi connectivity index (χ1) is 10.6. The number of hydrogen-bond donors (Lipinski definition) is 1. The second kappa shape index (κ2) is 7.64. The van der Waals surface area contributed by atoms with Crippen LogP contribution in [0.15, 0.2) is 48.5 Å². The van der Waals surface area contributed by atoms with Crippen molar-refractivity contribution in [2.75, 3.05) is 18.9 Å². The molecule has 22 heavy (non-hydrogen) atoms. The van der Waals surface area contributed by atoms with Gasteiger partial charge < -0.3 is 10.2 Å². The van der Waals surface area contributed by atoms with Gasteiger partial charge in [0.15, 0.2) is 0 Å². The van der Waals surface area contributed by atoms with Crippen molar-refractivity contribution in [3.8, 4) is 0 Å². The molecule has 0 aliphatic carbocycles. The molecular weight excluding hydrogens is 272 g/mol. The van der Waals surface area contributed by atoms with Gasteiger partial charge in [0.1, 0.15) is 0 Å². The monoisotopic (exact) mass is 296 g/mol. The molecule has 0 aromatic heterocycles. The molecule has 0 atom stereocenters. The Hall–Kier alpha value is -2.29. The summed E-state index contributed by atoms with van der Waals surface area (Å²) in [6, 6.07) is 16.3. The van der Waals surface area contributed by atoms with Gasteiger partial charge in [0.05, 0.1) is 0 Å². The molecule has 2 aromatic carbocycles. The predicted molar refractivity (Wildman–Crippen MR) is 91.9 cm³/mol. The van der Waals surface area contributed by atoms with Gasteiger partial charge in [-0.3, -0.25) is 4.79 Å². The summed E-state index contributed by atoms with van der Waals surface area (Å²) in [5, 5.41) is 3.31. The summed E-state index contributed by atoms with van der Waals surface area (Å²) in [7, 11) is 1.85. The van der Waals surface area contributed by atoms with Crippen LogP contribution in [0.4, 0.5) is 5.69 Å². The van der Waals surface area contributed by atoms with Gasteiger partial charge in [-0.15, -0.1) is 0 Å². The van der Waals surface area contributed by atoms with Gasteiger partial charge in [0.25, 0.3) is 0 Å². The van der Waals surface area contributed by atoms with E-state index in [1.165, 1.54) is 11.1 Å². The van der Waals surface area contributed by atoms with E-state index in [4.69, 9.17) is 0 Å². The lowest BCUT2D eigenvalue weighted by Crippen LogP contribution is -2.27. The number of nitrogens with zero attached hydrogens (tertiary/aromatic N) is 1. The maximum atomic E-state index is 12.1. The molecule has 0 aliphatic rings. The Kier molecular flexibility index (Phi) is 5.59. The molecule has 0 heterocycles. The van der Waals surface area contributed by atoms with Crippen molar-refractivity contribution >= 4 is 11.6 Å². The Morgan fingerprint density at radius 2 is 1.77 bits per heavy atom. The van der Waals surface area contributed by atoms with Crippen molar-refractivity contribution in [2.45, 2.75) is 26.8 Å². The third-order valence-electron chi connectivity index (χ3n) is 3.86. The number of amides is 1. The minimum absolute atomic E-state index is 0.153. The topological polar surface area (TPSA) is 32.3 Å². The van der Waals surface area contributed by atoms with E-state index in [1.807, 2.05) is 37.4 Å². The largest absolute Gasteiger partial charge is 0.385 e. The van der Waals surface area contributed by atoms with Crippen LogP contribution in [0.1, 0.15) is 23.1 Å². The average molecular weight is 296 g/mol. The van der Waals surface area contributed by atoms with Crippen molar-refractivity contribution in [1.29, 1.82) is 0 Å². The zero-order valence-corrected chi connectivity index (χ0v) is 13.6. The molecule has 116 valence electrons. The SMILES string of the molecule is Cc1ccc(NCCC(=O)N(C)Cc2ccccc2)cc1C. The van der Waals surface area contributed by atoms with E-state index in [1.54, 1.807) is 4.90 Å². The predicted octanol–water partition coefficient (Wildman–Crippen LogP) is 3.76. The molecule has 0 radical (unpaired) electrons. The lowest BCUT2D eigenvalue weighted by Gasteiger charge is -2.17. The minimum atomic E-state index is 0.153. The number of nitrogens with one attached hydrogen (secondary N) is 1. The number of rotatable bonds is 6. The smallest absolute Gasteiger partial charge is 0.224 e. The Labute approximate surface area is 133 Å². The first-order valence-electron chi connectivity index (χ1n) is 7.65. The highest BCUT2D eigenvalue weighted by Crippen LogP contribution is 2.14. The van der Waals surface area contributed by atoms with E-state index in [0.717, 1.165) is 11.3 Å². The minimum Gasteiger partial charge on any atom is -0.385 e. The zero-order valence-electron chi connectivity index (χ0n) is 13.6. The maximum Gasteiger partial charge on any atom is 0.224 e. The van der Waals surface area contributed by atoms with Crippen LogP contribution in [0.5, 0.6) is 0 Å². The highest BCUT2D eigenvalue weighted by Gasteiger charge is 2.08. The van der Waals surface area contributed by atoms with Gasteiger partial charge in [-0.2, -0.15) is 0 Å². The number of hydrogen-bond acceptors (Lipinski definition) is 2. The number of benzene rings is 2. The summed E-state index contributed by atoms with van der Waals surface area (Å²) >= 11 is 0. The van der Waals surface area contributed by atoms with Crippen LogP contribution in [0.25, 0.3) is 0 Å². The van der Waals surface area contributed by atoms with Crippen LogP contribution >= 0.6 is 0 Å². The summed E-state index contributed by atoms with van der Waals surface area (Å²) in [5.41, 5.74) is 4.77. The van der Waals surface area contributed by atoms with Crippen molar-refractivity contribution in [2.24, 2.45) is 0 Å². The molecule has 0 spiro atoms. The number of aryl methyl sites for hydroxylation is 2. The fraction of sp³-hybridized carbons (Fsp3) is 0.316. The van der Waals surface area contributed by atoms with Crippen molar-refractivity contribution in [3.63, 3.8) is 0 Å². The van der Waals surface area contributed by atoms with Crippen LogP contribution in [0.3, 0.4) is 0 Å². The number of carbonyl (C=O) groups excluding carboxylic acids is 1. The third kappa shape index (κ3) is 4.62. The van der Waals surface area contributed by atoms with Crippen molar-refractivity contribution in [3.05, 3.63) is 65.2 Å². The molecule has 2 aromatic rings. The van der Waals surface area contributed by atoms with Crippen LogP contribution < -0.4 is 5.32 Å². The van der Waals surface area contributed by atoms with E-state index in [0.29, 0.717) is 19.5 Å².